The van der Waals surface area contributed by atoms with Crippen molar-refractivity contribution in [3.8, 4) is 11.5 Å². The molecule has 0 aromatic heterocycles. The smallest absolute Gasteiger partial charge is 0.337 e. The van der Waals surface area contributed by atoms with Crippen molar-refractivity contribution in [2.24, 2.45) is 5.10 Å². The number of esters is 1. The summed E-state index contributed by atoms with van der Waals surface area (Å²) >= 11 is 0. The van der Waals surface area contributed by atoms with Crippen molar-refractivity contribution >= 4 is 17.9 Å². The van der Waals surface area contributed by atoms with E-state index >= 15 is 0 Å². The fraction of sp³-hybridized carbons (Fsp3) is 0.167. The van der Waals surface area contributed by atoms with Crippen LogP contribution in [0.1, 0.15) is 22.3 Å². The Labute approximate surface area is 176 Å². The zero-order valence-corrected chi connectivity index (χ0v) is 16.8. The first-order valence-corrected chi connectivity index (χ1v) is 9.63. The number of hydrogen-bond acceptors (Lipinski definition) is 6. The maximum Gasteiger partial charge on any atom is 0.337 e. The molecule has 1 N–H and O–H groups in total. The summed E-state index contributed by atoms with van der Waals surface area (Å²) in [5.74, 6) is 1.12. The highest BCUT2D eigenvalue weighted by Gasteiger charge is 2.04. The summed E-state index contributed by atoms with van der Waals surface area (Å²) in [7, 11) is 1.36. The van der Waals surface area contributed by atoms with Gasteiger partial charge in [0, 0.05) is 6.42 Å². The van der Waals surface area contributed by atoms with Gasteiger partial charge in [-0.3, -0.25) is 5.43 Å². The van der Waals surface area contributed by atoms with Crippen molar-refractivity contribution in [2.75, 3.05) is 25.7 Å². The van der Waals surface area contributed by atoms with E-state index in [-0.39, 0.29) is 5.97 Å². The fourth-order valence-electron chi connectivity index (χ4n) is 2.62. The van der Waals surface area contributed by atoms with Crippen LogP contribution in [-0.2, 0) is 4.74 Å². The van der Waals surface area contributed by atoms with E-state index in [9.17, 15) is 4.79 Å². The molecule has 3 aromatic rings. The molecule has 3 rings (SSSR count). The van der Waals surface area contributed by atoms with Gasteiger partial charge in [-0.2, -0.15) is 5.10 Å². The van der Waals surface area contributed by atoms with Crippen LogP contribution in [0.4, 0.5) is 5.69 Å². The van der Waals surface area contributed by atoms with Gasteiger partial charge in [0.25, 0.3) is 0 Å². The number of anilines is 1. The topological polar surface area (TPSA) is 69.2 Å². The number of nitrogens with zero attached hydrogens (tertiary/aromatic N) is 1. The van der Waals surface area contributed by atoms with Crippen LogP contribution in [0.3, 0.4) is 0 Å². The summed E-state index contributed by atoms with van der Waals surface area (Å²) in [6, 6.07) is 24.4. The lowest BCUT2D eigenvalue weighted by atomic mass is 10.2. The Morgan fingerprint density at radius 1 is 0.900 bits per heavy atom. The third-order valence-electron chi connectivity index (χ3n) is 4.14. The number of rotatable bonds is 10. The summed E-state index contributed by atoms with van der Waals surface area (Å²) in [5, 5.41) is 4.24. The van der Waals surface area contributed by atoms with Crippen LogP contribution in [-0.4, -0.2) is 32.5 Å². The third kappa shape index (κ3) is 6.67. The number of nitrogens with one attached hydrogen (secondary N) is 1. The van der Waals surface area contributed by atoms with Crippen LogP contribution in [0.25, 0.3) is 0 Å². The summed E-state index contributed by atoms with van der Waals surface area (Å²) in [6.07, 6.45) is 2.48. The van der Waals surface area contributed by atoms with Crippen molar-refractivity contribution in [3.63, 3.8) is 0 Å². The molecule has 3 aromatic carbocycles. The van der Waals surface area contributed by atoms with Gasteiger partial charge >= 0.3 is 5.97 Å². The Hall–Kier alpha value is -3.80. The second-order valence-electron chi connectivity index (χ2n) is 6.37. The third-order valence-corrected chi connectivity index (χ3v) is 4.14. The quantitative estimate of drug-likeness (QED) is 0.228. The van der Waals surface area contributed by atoms with Crippen LogP contribution >= 0.6 is 0 Å². The minimum absolute atomic E-state index is 0.363. The molecule has 0 aliphatic rings. The number of para-hydroxylation sites is 1. The van der Waals surface area contributed by atoms with E-state index in [1.807, 2.05) is 54.6 Å². The Bertz CT molecular complexity index is 956. The molecule has 0 bridgehead atoms. The molecule has 0 saturated carbocycles. The van der Waals surface area contributed by atoms with Crippen LogP contribution < -0.4 is 14.9 Å². The van der Waals surface area contributed by atoms with Crippen molar-refractivity contribution < 1.29 is 19.0 Å². The second-order valence-corrected chi connectivity index (χ2v) is 6.37. The normalized spacial score (nSPS) is 10.6. The van der Waals surface area contributed by atoms with Gasteiger partial charge in [-0.15, -0.1) is 0 Å². The first kappa shape index (κ1) is 20.9. The van der Waals surface area contributed by atoms with Gasteiger partial charge < -0.3 is 14.2 Å². The highest BCUT2D eigenvalue weighted by Crippen LogP contribution is 2.15. The van der Waals surface area contributed by atoms with Gasteiger partial charge in [-0.05, 0) is 54.1 Å². The SMILES string of the molecule is COC(=O)c1ccc(OCCCOc2cccc(C=NNc3ccccc3)c2)cc1. The molecule has 0 saturated heterocycles. The standard InChI is InChI=1S/C24H24N2O4/c1-28-24(27)20-11-13-22(14-12-20)29-15-6-16-30-23-10-5-7-19(17-23)18-25-26-21-8-3-2-4-9-21/h2-5,7-14,17-18,26H,6,15-16H2,1H3. The van der Waals surface area contributed by atoms with Crippen molar-refractivity contribution in [1.82, 2.24) is 0 Å². The molecule has 0 radical (unpaired) electrons. The van der Waals surface area contributed by atoms with E-state index in [1.54, 1.807) is 30.5 Å². The highest BCUT2D eigenvalue weighted by molar-refractivity contribution is 5.89. The number of methoxy groups -OCH3 is 1. The molecule has 0 aliphatic carbocycles. The molecule has 30 heavy (non-hydrogen) atoms. The molecule has 154 valence electrons. The predicted molar refractivity (Wildman–Crippen MR) is 117 cm³/mol. The number of benzene rings is 3. The molecule has 0 aliphatic heterocycles. The van der Waals surface area contributed by atoms with Crippen LogP contribution in [0.15, 0.2) is 84.0 Å². The summed E-state index contributed by atoms with van der Waals surface area (Å²) in [4.78, 5) is 11.4. The first-order chi connectivity index (χ1) is 14.7. The molecule has 0 fully saturated rings. The molecular formula is C24H24N2O4. The number of carbonyl (C=O) groups is 1. The highest BCUT2D eigenvalue weighted by atomic mass is 16.5. The number of hydrazone groups is 1. The van der Waals surface area contributed by atoms with E-state index in [0.29, 0.717) is 24.5 Å². The summed E-state index contributed by atoms with van der Waals surface area (Å²) in [6.45, 7) is 1.04. The van der Waals surface area contributed by atoms with E-state index < -0.39 is 0 Å². The summed E-state index contributed by atoms with van der Waals surface area (Å²) in [5.41, 5.74) is 5.36. The maximum atomic E-state index is 11.4. The lowest BCUT2D eigenvalue weighted by Crippen LogP contribution is -2.05. The van der Waals surface area contributed by atoms with Crippen molar-refractivity contribution in [1.29, 1.82) is 0 Å². The molecule has 0 atom stereocenters. The van der Waals surface area contributed by atoms with Crippen LogP contribution in [0, 0.1) is 0 Å². The molecule has 0 amide bonds. The molecule has 0 heterocycles. The van der Waals surface area contributed by atoms with E-state index in [0.717, 1.165) is 23.4 Å². The Morgan fingerprint density at radius 2 is 1.63 bits per heavy atom. The number of hydrogen-bond donors (Lipinski definition) is 1. The van der Waals surface area contributed by atoms with E-state index in [1.165, 1.54) is 7.11 Å². The molecule has 0 unspecified atom stereocenters. The average molecular weight is 404 g/mol. The van der Waals surface area contributed by atoms with Gasteiger partial charge in [0.2, 0.25) is 0 Å². The lowest BCUT2D eigenvalue weighted by molar-refractivity contribution is 0.0600. The van der Waals surface area contributed by atoms with E-state index in [4.69, 9.17) is 9.47 Å². The van der Waals surface area contributed by atoms with Crippen molar-refractivity contribution in [2.45, 2.75) is 6.42 Å². The predicted octanol–water partition coefficient (Wildman–Crippen LogP) is 4.77. The minimum Gasteiger partial charge on any atom is -0.493 e. The lowest BCUT2D eigenvalue weighted by Gasteiger charge is -2.09. The van der Waals surface area contributed by atoms with Crippen LogP contribution in [0.5, 0.6) is 11.5 Å². The monoisotopic (exact) mass is 404 g/mol. The first-order valence-electron chi connectivity index (χ1n) is 9.63. The van der Waals surface area contributed by atoms with Crippen molar-refractivity contribution in [3.05, 3.63) is 90.0 Å². The molecular weight excluding hydrogens is 380 g/mol. The van der Waals surface area contributed by atoms with Crippen LogP contribution in [0.2, 0.25) is 0 Å². The van der Waals surface area contributed by atoms with Gasteiger partial charge in [-0.1, -0.05) is 30.3 Å². The Morgan fingerprint density at radius 3 is 2.37 bits per heavy atom. The Kier molecular flexibility index (Phi) is 7.85. The summed E-state index contributed by atoms with van der Waals surface area (Å²) < 4.78 is 16.1. The van der Waals surface area contributed by atoms with E-state index in [2.05, 4.69) is 15.3 Å². The van der Waals surface area contributed by atoms with Gasteiger partial charge in [0.1, 0.15) is 11.5 Å². The maximum absolute atomic E-state index is 11.4. The zero-order chi connectivity index (χ0) is 21.0. The largest absolute Gasteiger partial charge is 0.493 e. The molecule has 6 heteroatoms. The Balaban J connectivity index is 1.39. The average Bonchev–Trinajstić information content (AvgIpc) is 2.80. The molecule has 0 spiro atoms. The van der Waals surface area contributed by atoms with Gasteiger partial charge in [0.15, 0.2) is 0 Å². The second kappa shape index (κ2) is 11.3. The minimum atomic E-state index is -0.363. The number of carbonyl (C=O) groups excluding carboxylic acids is 1. The number of ether oxygens (including phenoxy) is 3. The zero-order valence-electron chi connectivity index (χ0n) is 16.8. The van der Waals surface area contributed by atoms with Gasteiger partial charge in [0.05, 0.1) is 37.8 Å². The fourth-order valence-corrected chi connectivity index (χ4v) is 2.62. The molecule has 6 nitrogen and oxygen atoms in total. The van der Waals surface area contributed by atoms with Gasteiger partial charge in [-0.25, -0.2) is 4.79 Å².